The summed E-state index contributed by atoms with van der Waals surface area (Å²) in [5, 5.41) is 2.96. The second-order valence-corrected chi connectivity index (χ2v) is 7.31. The van der Waals surface area contributed by atoms with Gasteiger partial charge in [-0.15, -0.1) is 0 Å². The molecule has 0 radical (unpaired) electrons. The molecule has 1 heteroatoms. The van der Waals surface area contributed by atoms with E-state index in [9.17, 15) is 0 Å². The van der Waals surface area contributed by atoms with Crippen molar-refractivity contribution >= 4 is 14.1 Å². The molecule has 0 amide bonds. The molecule has 0 saturated carbocycles. The van der Waals surface area contributed by atoms with E-state index < -0.39 is 0 Å². The second kappa shape index (κ2) is 4.42. The summed E-state index contributed by atoms with van der Waals surface area (Å²) >= 11 is -0.265. The highest BCUT2D eigenvalue weighted by molar-refractivity contribution is 6.60. The monoisotopic (exact) mass is 128 g/mol. The molecule has 0 saturated heterocycles. The lowest BCUT2D eigenvalue weighted by molar-refractivity contribution is 1.00. The molecule has 0 aliphatic heterocycles. The van der Waals surface area contributed by atoms with Crippen LogP contribution >= 0.6 is 0 Å². The summed E-state index contributed by atoms with van der Waals surface area (Å²) in [7, 11) is 0. The maximum Gasteiger partial charge on any atom is 0.264 e. The molecular formula is C7H17Al. The molecule has 0 heterocycles. The van der Waals surface area contributed by atoms with Crippen LogP contribution in [-0.4, -0.2) is 14.1 Å². The van der Waals surface area contributed by atoms with Crippen molar-refractivity contribution in [2.75, 3.05) is 0 Å². The van der Waals surface area contributed by atoms with E-state index in [-0.39, 0.29) is 14.1 Å². The van der Waals surface area contributed by atoms with Crippen LogP contribution < -0.4 is 0 Å². The van der Waals surface area contributed by atoms with E-state index in [1.807, 2.05) is 0 Å². The van der Waals surface area contributed by atoms with E-state index in [1.165, 1.54) is 10.6 Å². The van der Waals surface area contributed by atoms with Gasteiger partial charge in [0.2, 0.25) is 0 Å². The van der Waals surface area contributed by atoms with Crippen LogP contribution in [-0.2, 0) is 0 Å². The van der Waals surface area contributed by atoms with Crippen LogP contribution in [0.25, 0.3) is 0 Å². The van der Waals surface area contributed by atoms with Gasteiger partial charge in [-0.25, -0.2) is 0 Å². The van der Waals surface area contributed by atoms with E-state index in [4.69, 9.17) is 0 Å². The topological polar surface area (TPSA) is 0 Å². The Balaban J connectivity index is 3.35. The first-order chi connectivity index (χ1) is 3.72. The van der Waals surface area contributed by atoms with Gasteiger partial charge in [0.1, 0.15) is 0 Å². The highest BCUT2D eigenvalue weighted by atomic mass is 27.2. The Kier molecular flexibility index (Phi) is 4.71. The standard InChI is InChI=1S/C3H7.2C2H5.Al/c1-3-2;2*1-2;/h3H,1-2H3;2*1H2,2H3;. The summed E-state index contributed by atoms with van der Waals surface area (Å²) in [6.07, 6.45) is 0. The first-order valence-electron chi connectivity index (χ1n) is 3.72. The van der Waals surface area contributed by atoms with E-state index >= 15 is 0 Å². The first-order valence-corrected chi connectivity index (χ1v) is 6.02. The molecule has 0 nitrogen and oxygen atoms in total. The summed E-state index contributed by atoms with van der Waals surface area (Å²) in [4.78, 5) is 0. The number of hydrogen-bond acceptors (Lipinski definition) is 0. The fourth-order valence-electron chi connectivity index (χ4n) is 1.23. The molecule has 0 unspecified atom stereocenters. The predicted octanol–water partition coefficient (Wildman–Crippen LogP) is 2.93. The second-order valence-electron chi connectivity index (χ2n) is 2.82. The largest absolute Gasteiger partial charge is 0.264 e. The molecule has 48 valence electrons. The van der Waals surface area contributed by atoms with Gasteiger partial charge in [-0.2, -0.15) is 0 Å². The Morgan fingerprint density at radius 3 is 1.50 bits per heavy atom. The minimum atomic E-state index is -0.265. The Hall–Kier alpha value is 0.532. The predicted molar refractivity (Wildman–Crippen MR) is 41.8 cm³/mol. The third kappa shape index (κ3) is 2.75. The smallest absolute Gasteiger partial charge is 0.0966 e. The van der Waals surface area contributed by atoms with Crippen molar-refractivity contribution in [1.29, 1.82) is 0 Å². The fraction of sp³-hybridized carbons (Fsp3) is 1.00. The molecule has 0 aromatic rings. The van der Waals surface area contributed by atoms with Crippen molar-refractivity contribution in [1.82, 2.24) is 0 Å². The summed E-state index contributed by atoms with van der Waals surface area (Å²) in [6.45, 7) is 9.40. The zero-order chi connectivity index (χ0) is 6.57. The molecule has 0 fully saturated rings. The van der Waals surface area contributed by atoms with Crippen LogP contribution in [0.5, 0.6) is 0 Å². The summed E-state index contributed by atoms with van der Waals surface area (Å²) < 4.78 is 1.02. The Morgan fingerprint density at radius 2 is 1.50 bits per heavy atom. The lowest BCUT2D eigenvalue weighted by Crippen LogP contribution is -2.12. The van der Waals surface area contributed by atoms with Crippen molar-refractivity contribution < 1.29 is 0 Å². The molecule has 0 spiro atoms. The molecule has 8 heavy (non-hydrogen) atoms. The molecule has 0 rings (SSSR count). The van der Waals surface area contributed by atoms with Gasteiger partial charge >= 0.3 is 0 Å². The van der Waals surface area contributed by atoms with Crippen molar-refractivity contribution in [3.05, 3.63) is 0 Å². The van der Waals surface area contributed by atoms with Crippen LogP contribution in [0.15, 0.2) is 0 Å². The maximum absolute atomic E-state index is 2.36. The normalized spacial score (nSPS) is 10.1. The van der Waals surface area contributed by atoms with Gasteiger partial charge in [-0.1, -0.05) is 43.0 Å². The minimum absolute atomic E-state index is 0.265. The molecule has 0 atom stereocenters. The summed E-state index contributed by atoms with van der Waals surface area (Å²) in [5.74, 6) is 0. The molecule has 0 aliphatic rings. The van der Waals surface area contributed by atoms with Gasteiger partial charge in [0.15, 0.2) is 0 Å². The zero-order valence-electron chi connectivity index (χ0n) is 6.57. The van der Waals surface area contributed by atoms with Gasteiger partial charge in [0.05, 0.1) is 0 Å². The SMILES string of the molecule is C[CH2][Al]([CH2]C)[CH](C)C. The van der Waals surface area contributed by atoms with E-state index in [1.54, 1.807) is 0 Å². The fourth-order valence-corrected chi connectivity index (χ4v) is 3.69. The van der Waals surface area contributed by atoms with Crippen LogP contribution in [0.1, 0.15) is 27.7 Å². The highest BCUT2D eigenvalue weighted by Crippen LogP contribution is 2.14. The Bertz CT molecular complexity index is 46.3. The first kappa shape index (κ1) is 8.53. The van der Waals surface area contributed by atoms with E-state index in [0.29, 0.717) is 0 Å². The van der Waals surface area contributed by atoms with Crippen LogP contribution in [0.3, 0.4) is 0 Å². The van der Waals surface area contributed by atoms with Crippen LogP contribution in [0.2, 0.25) is 15.3 Å². The Labute approximate surface area is 57.7 Å². The summed E-state index contributed by atoms with van der Waals surface area (Å²) in [6, 6.07) is 0. The zero-order valence-corrected chi connectivity index (χ0v) is 7.72. The average Bonchev–Trinajstić information content (AvgIpc) is 1.69. The average molecular weight is 128 g/mol. The van der Waals surface area contributed by atoms with Gasteiger partial charge < -0.3 is 0 Å². The quantitative estimate of drug-likeness (QED) is 0.512. The Morgan fingerprint density at radius 1 is 1.12 bits per heavy atom. The third-order valence-electron chi connectivity index (χ3n) is 1.99. The van der Waals surface area contributed by atoms with Crippen molar-refractivity contribution in [2.24, 2.45) is 0 Å². The van der Waals surface area contributed by atoms with Crippen molar-refractivity contribution in [3.63, 3.8) is 0 Å². The molecular weight excluding hydrogens is 111 g/mol. The minimum Gasteiger partial charge on any atom is -0.0966 e. The molecule has 0 N–H and O–H groups in total. The highest BCUT2D eigenvalue weighted by Gasteiger charge is 2.14. The van der Waals surface area contributed by atoms with Crippen LogP contribution in [0.4, 0.5) is 0 Å². The van der Waals surface area contributed by atoms with E-state index in [2.05, 4.69) is 27.7 Å². The number of hydrogen-bond donors (Lipinski definition) is 0. The van der Waals surface area contributed by atoms with Gasteiger partial charge in [0, 0.05) is 0 Å². The molecule has 0 aromatic heterocycles. The number of rotatable bonds is 3. The van der Waals surface area contributed by atoms with Crippen molar-refractivity contribution in [2.45, 2.75) is 43.0 Å². The molecule has 0 aromatic carbocycles. The van der Waals surface area contributed by atoms with Gasteiger partial charge in [-0.3, -0.25) is 0 Å². The molecule has 0 bridgehead atoms. The lowest BCUT2D eigenvalue weighted by Gasteiger charge is -2.08. The lowest BCUT2D eigenvalue weighted by atomic mass is 10.6. The van der Waals surface area contributed by atoms with Crippen LogP contribution in [0, 0.1) is 0 Å². The van der Waals surface area contributed by atoms with Gasteiger partial charge in [0.25, 0.3) is 14.1 Å². The van der Waals surface area contributed by atoms with E-state index in [0.717, 1.165) is 4.78 Å². The molecule has 0 aliphatic carbocycles. The van der Waals surface area contributed by atoms with Crippen molar-refractivity contribution in [3.8, 4) is 0 Å². The third-order valence-corrected chi connectivity index (χ3v) is 5.97. The summed E-state index contributed by atoms with van der Waals surface area (Å²) in [5.41, 5.74) is 0. The maximum atomic E-state index is 2.36. The van der Waals surface area contributed by atoms with Gasteiger partial charge in [-0.05, 0) is 0 Å².